The van der Waals surface area contributed by atoms with Crippen molar-refractivity contribution in [3.05, 3.63) is 35.9 Å². The molecule has 2 unspecified atom stereocenters. The second-order valence-electron chi connectivity index (χ2n) is 8.79. The maximum Gasteiger partial charge on any atom is 0.226 e. The van der Waals surface area contributed by atoms with Gasteiger partial charge in [0, 0.05) is 43.9 Å². The van der Waals surface area contributed by atoms with Gasteiger partial charge >= 0.3 is 0 Å². The summed E-state index contributed by atoms with van der Waals surface area (Å²) in [7, 11) is 0. The van der Waals surface area contributed by atoms with Gasteiger partial charge in [-0.1, -0.05) is 43.2 Å². The number of nitrogens with zero attached hydrogens (tertiary/aromatic N) is 2. The van der Waals surface area contributed by atoms with Gasteiger partial charge in [-0.3, -0.25) is 9.59 Å². The molecule has 28 heavy (non-hydrogen) atoms. The summed E-state index contributed by atoms with van der Waals surface area (Å²) >= 11 is 0. The zero-order chi connectivity index (χ0) is 19.5. The van der Waals surface area contributed by atoms with E-state index < -0.39 is 0 Å². The quantitative estimate of drug-likeness (QED) is 0.869. The number of benzene rings is 1. The predicted octanol–water partition coefficient (Wildman–Crippen LogP) is 2.62. The minimum Gasteiger partial charge on any atom is -0.342 e. The zero-order valence-electron chi connectivity index (χ0n) is 16.8. The lowest BCUT2D eigenvalue weighted by Crippen LogP contribution is -2.45. The second kappa shape index (κ2) is 8.64. The van der Waals surface area contributed by atoms with E-state index in [0.717, 1.165) is 64.7 Å². The number of hydrogen-bond donors (Lipinski definition) is 1. The first-order valence-corrected chi connectivity index (χ1v) is 11.0. The van der Waals surface area contributed by atoms with Crippen molar-refractivity contribution in [3.63, 3.8) is 0 Å². The molecule has 2 saturated heterocycles. The Morgan fingerprint density at radius 2 is 1.46 bits per heavy atom. The summed E-state index contributed by atoms with van der Waals surface area (Å²) in [6.07, 6.45) is 6.02. The van der Waals surface area contributed by atoms with Crippen molar-refractivity contribution in [2.24, 2.45) is 23.5 Å². The van der Waals surface area contributed by atoms with Crippen molar-refractivity contribution >= 4 is 11.8 Å². The van der Waals surface area contributed by atoms with E-state index in [1.807, 2.05) is 15.9 Å². The molecule has 1 aliphatic carbocycles. The molecule has 3 aliphatic rings. The standard InChI is InChI=1S/C23H33N3O2/c24-14-18-15-26(16-21(18)17-8-2-1-3-9-17)23(28)20-11-5-4-10-19(20)22(27)25-12-6-7-13-25/h1-3,8-9,18-21H,4-7,10-16,24H2/t18-,19?,20?,21+/m1/s1. The Bertz CT molecular complexity index is 686. The van der Waals surface area contributed by atoms with Gasteiger partial charge in [-0.05, 0) is 43.7 Å². The molecule has 1 aromatic carbocycles. The molecule has 0 bridgehead atoms. The number of likely N-dealkylation sites (tertiary alicyclic amines) is 2. The normalized spacial score (nSPS) is 30.6. The smallest absolute Gasteiger partial charge is 0.226 e. The molecule has 4 rings (SSSR count). The molecule has 2 heterocycles. The summed E-state index contributed by atoms with van der Waals surface area (Å²) in [5.74, 6) is 0.745. The second-order valence-corrected chi connectivity index (χ2v) is 8.79. The largest absolute Gasteiger partial charge is 0.342 e. The van der Waals surface area contributed by atoms with Crippen LogP contribution in [0.1, 0.15) is 50.0 Å². The number of rotatable bonds is 4. The third-order valence-corrected chi connectivity index (χ3v) is 7.10. The first-order valence-electron chi connectivity index (χ1n) is 11.0. The summed E-state index contributed by atoms with van der Waals surface area (Å²) in [6.45, 7) is 3.77. The van der Waals surface area contributed by atoms with Gasteiger partial charge in [0.25, 0.3) is 0 Å². The van der Waals surface area contributed by atoms with Gasteiger partial charge in [-0.25, -0.2) is 0 Å². The van der Waals surface area contributed by atoms with Crippen molar-refractivity contribution < 1.29 is 9.59 Å². The Morgan fingerprint density at radius 3 is 2.07 bits per heavy atom. The molecule has 2 N–H and O–H groups in total. The first kappa shape index (κ1) is 19.4. The Kier molecular flexibility index (Phi) is 6.00. The molecule has 0 aromatic heterocycles. The molecule has 4 atom stereocenters. The third-order valence-electron chi connectivity index (χ3n) is 7.10. The molecule has 5 nitrogen and oxygen atoms in total. The molecule has 0 spiro atoms. The van der Waals surface area contributed by atoms with E-state index in [4.69, 9.17) is 5.73 Å². The highest BCUT2D eigenvalue weighted by molar-refractivity contribution is 5.88. The fourth-order valence-electron chi connectivity index (χ4n) is 5.50. The van der Waals surface area contributed by atoms with E-state index in [0.29, 0.717) is 18.4 Å². The number of nitrogens with two attached hydrogens (primary N) is 1. The molecule has 1 saturated carbocycles. The van der Waals surface area contributed by atoms with Crippen molar-refractivity contribution in [1.82, 2.24) is 9.80 Å². The fraction of sp³-hybridized carbons (Fsp3) is 0.652. The van der Waals surface area contributed by atoms with Crippen LogP contribution in [0.5, 0.6) is 0 Å². The third kappa shape index (κ3) is 3.82. The average molecular weight is 384 g/mol. The number of hydrogen-bond acceptors (Lipinski definition) is 3. The van der Waals surface area contributed by atoms with Gasteiger partial charge in [-0.2, -0.15) is 0 Å². The van der Waals surface area contributed by atoms with Crippen LogP contribution in [0.25, 0.3) is 0 Å². The Hall–Kier alpha value is -1.88. The maximum atomic E-state index is 13.5. The lowest BCUT2D eigenvalue weighted by atomic mass is 9.77. The predicted molar refractivity (Wildman–Crippen MR) is 110 cm³/mol. The molecule has 2 amide bonds. The molecular formula is C23H33N3O2. The van der Waals surface area contributed by atoms with Crippen LogP contribution in [0.2, 0.25) is 0 Å². The molecule has 0 radical (unpaired) electrons. The van der Waals surface area contributed by atoms with E-state index in [-0.39, 0.29) is 23.7 Å². The van der Waals surface area contributed by atoms with Gasteiger partial charge in [0.1, 0.15) is 0 Å². The highest BCUT2D eigenvalue weighted by Crippen LogP contribution is 2.37. The van der Waals surface area contributed by atoms with E-state index in [2.05, 4.69) is 24.3 Å². The van der Waals surface area contributed by atoms with Crippen LogP contribution in [-0.2, 0) is 9.59 Å². The van der Waals surface area contributed by atoms with Crippen LogP contribution >= 0.6 is 0 Å². The molecule has 3 fully saturated rings. The Morgan fingerprint density at radius 1 is 0.857 bits per heavy atom. The minimum absolute atomic E-state index is 0.119. The topological polar surface area (TPSA) is 66.6 Å². The van der Waals surface area contributed by atoms with Crippen LogP contribution in [0.15, 0.2) is 30.3 Å². The van der Waals surface area contributed by atoms with Gasteiger partial charge < -0.3 is 15.5 Å². The van der Waals surface area contributed by atoms with Crippen LogP contribution in [0.4, 0.5) is 0 Å². The summed E-state index contributed by atoms with van der Waals surface area (Å²) < 4.78 is 0. The molecule has 2 aliphatic heterocycles. The number of carbonyl (C=O) groups excluding carboxylic acids is 2. The maximum absolute atomic E-state index is 13.5. The highest BCUT2D eigenvalue weighted by Gasteiger charge is 2.43. The Labute approximate surface area is 168 Å². The lowest BCUT2D eigenvalue weighted by Gasteiger charge is -2.34. The summed E-state index contributed by atoms with van der Waals surface area (Å²) in [4.78, 5) is 30.6. The van der Waals surface area contributed by atoms with Crippen molar-refractivity contribution in [2.75, 3.05) is 32.7 Å². The first-order chi connectivity index (χ1) is 13.7. The van der Waals surface area contributed by atoms with E-state index in [1.165, 1.54) is 5.56 Å². The molecular weight excluding hydrogens is 350 g/mol. The van der Waals surface area contributed by atoms with E-state index in [1.54, 1.807) is 0 Å². The van der Waals surface area contributed by atoms with Gasteiger partial charge in [0.2, 0.25) is 11.8 Å². The van der Waals surface area contributed by atoms with Crippen molar-refractivity contribution in [3.8, 4) is 0 Å². The summed E-state index contributed by atoms with van der Waals surface area (Å²) in [6, 6.07) is 10.4. The van der Waals surface area contributed by atoms with Crippen LogP contribution < -0.4 is 5.73 Å². The molecule has 1 aromatic rings. The van der Waals surface area contributed by atoms with Gasteiger partial charge in [0.15, 0.2) is 0 Å². The van der Waals surface area contributed by atoms with Gasteiger partial charge in [-0.15, -0.1) is 0 Å². The minimum atomic E-state index is -0.144. The fourth-order valence-corrected chi connectivity index (χ4v) is 5.50. The van der Waals surface area contributed by atoms with Gasteiger partial charge in [0.05, 0.1) is 0 Å². The van der Waals surface area contributed by atoms with Crippen LogP contribution in [0.3, 0.4) is 0 Å². The van der Waals surface area contributed by atoms with E-state index in [9.17, 15) is 9.59 Å². The number of carbonyl (C=O) groups is 2. The van der Waals surface area contributed by atoms with Crippen LogP contribution in [0, 0.1) is 17.8 Å². The molecule has 152 valence electrons. The lowest BCUT2D eigenvalue weighted by molar-refractivity contribution is -0.147. The van der Waals surface area contributed by atoms with Crippen molar-refractivity contribution in [2.45, 2.75) is 44.4 Å². The van der Waals surface area contributed by atoms with E-state index >= 15 is 0 Å². The Balaban J connectivity index is 1.48. The molecule has 5 heteroatoms. The monoisotopic (exact) mass is 383 g/mol. The van der Waals surface area contributed by atoms with Crippen molar-refractivity contribution in [1.29, 1.82) is 0 Å². The highest BCUT2D eigenvalue weighted by atomic mass is 16.2. The average Bonchev–Trinajstić information content (AvgIpc) is 3.43. The van der Waals surface area contributed by atoms with Crippen LogP contribution in [-0.4, -0.2) is 54.3 Å². The SMILES string of the molecule is NC[C@@H]1CN(C(=O)C2CCCCC2C(=O)N2CCCC2)C[C@H]1c1ccccc1. The zero-order valence-corrected chi connectivity index (χ0v) is 16.8. The number of amides is 2. The summed E-state index contributed by atoms with van der Waals surface area (Å²) in [5, 5.41) is 0. The summed E-state index contributed by atoms with van der Waals surface area (Å²) in [5.41, 5.74) is 7.33.